The van der Waals surface area contributed by atoms with E-state index in [1.165, 1.54) is 28.4 Å². The first-order chi connectivity index (χ1) is 17.3. The maximum Gasteiger partial charge on any atom is 0.348 e. The van der Waals surface area contributed by atoms with Crippen molar-refractivity contribution >= 4 is 43.5 Å². The van der Waals surface area contributed by atoms with Gasteiger partial charge in [0.15, 0.2) is 0 Å². The summed E-state index contributed by atoms with van der Waals surface area (Å²) in [4.78, 5) is 27.2. The van der Waals surface area contributed by atoms with Gasteiger partial charge in [0.1, 0.15) is 5.75 Å². The highest BCUT2D eigenvalue weighted by atomic mass is 79.9. The van der Waals surface area contributed by atoms with E-state index < -0.39 is 34.5 Å². The minimum Gasteiger partial charge on any atom is -0.475 e. The lowest BCUT2D eigenvalue weighted by molar-refractivity contribution is -0.148. The van der Waals surface area contributed by atoms with E-state index in [1.807, 2.05) is 30.3 Å². The topological polar surface area (TPSA) is 93.2 Å². The molecule has 0 radical (unpaired) electrons. The Morgan fingerprint density at radius 2 is 1.69 bits per heavy atom. The van der Waals surface area contributed by atoms with Crippen molar-refractivity contribution in [1.29, 1.82) is 0 Å². The zero-order valence-electron chi connectivity index (χ0n) is 19.5. The van der Waals surface area contributed by atoms with Crippen LogP contribution in [0.1, 0.15) is 5.56 Å². The van der Waals surface area contributed by atoms with Crippen LogP contribution in [-0.4, -0.2) is 57.4 Å². The molecule has 1 amide bonds. The van der Waals surface area contributed by atoms with Crippen molar-refractivity contribution < 1.29 is 27.5 Å². The summed E-state index contributed by atoms with van der Waals surface area (Å²) < 4.78 is 39.6. The molecule has 1 heterocycles. The van der Waals surface area contributed by atoms with E-state index in [0.29, 0.717) is 17.9 Å². The highest BCUT2D eigenvalue weighted by molar-refractivity contribution is 9.10. The fourth-order valence-electron chi connectivity index (χ4n) is 3.90. The van der Waals surface area contributed by atoms with E-state index in [9.17, 15) is 18.0 Å². The second-order valence-corrected chi connectivity index (χ2v) is 11.0. The number of halogens is 1. The van der Waals surface area contributed by atoms with Gasteiger partial charge in [-0.25, -0.2) is 13.2 Å². The van der Waals surface area contributed by atoms with Gasteiger partial charge < -0.3 is 14.4 Å². The molecule has 0 spiro atoms. The fraction of sp³-hybridized carbons (Fsp3) is 0.231. The molecule has 36 heavy (non-hydrogen) atoms. The zero-order chi connectivity index (χ0) is 25.7. The molecule has 3 aromatic rings. The molecular formula is C26H25BrN2O6S. The Kier molecular flexibility index (Phi) is 8.07. The number of fused-ring (bicyclic) bond motifs is 1. The minimum absolute atomic E-state index is 0.0846. The van der Waals surface area contributed by atoms with Crippen LogP contribution in [0, 0.1) is 0 Å². The lowest BCUT2D eigenvalue weighted by atomic mass is 10.1. The van der Waals surface area contributed by atoms with Gasteiger partial charge in [0.25, 0.3) is 0 Å². The van der Waals surface area contributed by atoms with Gasteiger partial charge in [-0.1, -0.05) is 58.4 Å². The van der Waals surface area contributed by atoms with Crippen LogP contribution in [0.2, 0.25) is 0 Å². The lowest BCUT2D eigenvalue weighted by Crippen LogP contribution is -2.51. The molecular weight excluding hydrogens is 548 g/mol. The molecule has 0 aliphatic carbocycles. The van der Waals surface area contributed by atoms with Crippen LogP contribution in [-0.2, 0) is 30.8 Å². The molecule has 0 unspecified atom stereocenters. The van der Waals surface area contributed by atoms with Crippen molar-refractivity contribution in [3.63, 3.8) is 0 Å². The van der Waals surface area contributed by atoms with Crippen LogP contribution < -0.4 is 9.64 Å². The Labute approximate surface area is 218 Å². The molecule has 0 saturated heterocycles. The molecule has 1 atom stereocenters. The summed E-state index contributed by atoms with van der Waals surface area (Å²) in [5.74, 6) is -0.752. The number of carbonyl (C=O) groups excluding carboxylic acids is 2. The SMILES string of the molecule is COC(=O)[C@@H]1CN(C(=O)CN(CCc2ccccc2)S(=O)(=O)c2ccc(Br)cc2)c2ccccc2O1. The summed E-state index contributed by atoms with van der Waals surface area (Å²) >= 11 is 3.32. The molecule has 0 aromatic heterocycles. The van der Waals surface area contributed by atoms with Crippen molar-refractivity contribution in [3.8, 4) is 5.75 Å². The van der Waals surface area contributed by atoms with Crippen molar-refractivity contribution in [2.24, 2.45) is 0 Å². The first kappa shape index (κ1) is 25.9. The van der Waals surface area contributed by atoms with Gasteiger partial charge in [-0.05, 0) is 48.4 Å². The van der Waals surface area contributed by atoms with E-state index in [4.69, 9.17) is 9.47 Å². The second-order valence-electron chi connectivity index (χ2n) is 8.13. The number of esters is 1. The predicted octanol–water partition coefficient (Wildman–Crippen LogP) is 3.65. The van der Waals surface area contributed by atoms with Gasteiger partial charge >= 0.3 is 5.97 Å². The summed E-state index contributed by atoms with van der Waals surface area (Å²) in [6.07, 6.45) is -0.594. The van der Waals surface area contributed by atoms with E-state index in [-0.39, 0.29) is 18.0 Å². The summed E-state index contributed by atoms with van der Waals surface area (Å²) in [6, 6.07) is 22.6. The number of hydrogen-bond donors (Lipinski definition) is 0. The largest absolute Gasteiger partial charge is 0.475 e. The Morgan fingerprint density at radius 3 is 2.39 bits per heavy atom. The summed E-state index contributed by atoms with van der Waals surface area (Å²) in [5, 5.41) is 0. The Balaban J connectivity index is 1.63. The van der Waals surface area contributed by atoms with Crippen LogP contribution in [0.25, 0.3) is 0 Å². The molecule has 0 bridgehead atoms. The van der Waals surface area contributed by atoms with Crippen molar-refractivity contribution in [2.45, 2.75) is 17.4 Å². The van der Waals surface area contributed by atoms with Crippen LogP contribution in [0.15, 0.2) is 88.2 Å². The first-order valence-electron chi connectivity index (χ1n) is 11.2. The zero-order valence-corrected chi connectivity index (χ0v) is 21.9. The highest BCUT2D eigenvalue weighted by Gasteiger charge is 2.36. The third-order valence-electron chi connectivity index (χ3n) is 5.79. The number of hydrogen-bond acceptors (Lipinski definition) is 6. The summed E-state index contributed by atoms with van der Waals surface area (Å²) in [6.45, 7) is -0.401. The van der Waals surface area contributed by atoms with Gasteiger partial charge in [0.05, 0.1) is 30.8 Å². The molecule has 0 saturated carbocycles. The summed E-state index contributed by atoms with van der Waals surface area (Å²) in [7, 11) is -2.75. The van der Waals surface area contributed by atoms with E-state index in [2.05, 4.69) is 15.9 Å². The number of amides is 1. The average molecular weight is 573 g/mol. The number of para-hydroxylation sites is 2. The van der Waals surface area contributed by atoms with Crippen LogP contribution in [0.5, 0.6) is 5.75 Å². The molecule has 188 valence electrons. The number of nitrogens with zero attached hydrogens (tertiary/aromatic N) is 2. The Hall–Kier alpha value is -3.21. The minimum atomic E-state index is -3.99. The highest BCUT2D eigenvalue weighted by Crippen LogP contribution is 2.33. The smallest absolute Gasteiger partial charge is 0.348 e. The first-order valence-corrected chi connectivity index (χ1v) is 13.5. The molecule has 1 aliphatic rings. The normalized spacial score (nSPS) is 15.2. The molecule has 4 rings (SSSR count). The van der Waals surface area contributed by atoms with Gasteiger partial charge in [-0.2, -0.15) is 4.31 Å². The predicted molar refractivity (Wildman–Crippen MR) is 138 cm³/mol. The number of benzene rings is 3. The van der Waals surface area contributed by atoms with E-state index in [1.54, 1.807) is 36.4 Å². The Bertz CT molecular complexity index is 1330. The molecule has 8 nitrogen and oxygen atoms in total. The average Bonchev–Trinajstić information content (AvgIpc) is 2.90. The second kappa shape index (κ2) is 11.2. The standard InChI is InChI=1S/C26H25BrN2O6S/c1-34-26(31)24-17-29(22-9-5-6-10-23(22)35-24)25(30)18-28(16-15-19-7-3-2-4-8-19)36(32,33)21-13-11-20(27)12-14-21/h2-14,24H,15-18H2,1H3/t24-/m0/s1. The van der Waals surface area contributed by atoms with Crippen molar-refractivity contribution in [2.75, 3.05) is 31.6 Å². The number of methoxy groups -OCH3 is 1. The van der Waals surface area contributed by atoms with Gasteiger partial charge in [0.2, 0.25) is 22.0 Å². The van der Waals surface area contributed by atoms with E-state index >= 15 is 0 Å². The number of sulfonamides is 1. The third-order valence-corrected chi connectivity index (χ3v) is 8.18. The third kappa shape index (κ3) is 5.77. The van der Waals surface area contributed by atoms with Gasteiger partial charge in [0, 0.05) is 11.0 Å². The van der Waals surface area contributed by atoms with Gasteiger partial charge in [-0.15, -0.1) is 0 Å². The molecule has 1 aliphatic heterocycles. The monoisotopic (exact) mass is 572 g/mol. The number of rotatable bonds is 8. The number of carbonyl (C=O) groups is 2. The lowest BCUT2D eigenvalue weighted by Gasteiger charge is -2.34. The van der Waals surface area contributed by atoms with Crippen LogP contribution in [0.4, 0.5) is 5.69 Å². The molecule has 0 N–H and O–H groups in total. The van der Waals surface area contributed by atoms with Crippen molar-refractivity contribution in [1.82, 2.24) is 4.31 Å². The number of anilines is 1. The molecule has 10 heteroatoms. The van der Waals surface area contributed by atoms with Crippen molar-refractivity contribution in [3.05, 3.63) is 88.9 Å². The molecule has 3 aromatic carbocycles. The number of ether oxygens (including phenoxy) is 2. The summed E-state index contributed by atoms with van der Waals surface area (Å²) in [5.41, 5.74) is 1.41. The maximum absolute atomic E-state index is 13.6. The maximum atomic E-state index is 13.6. The Morgan fingerprint density at radius 1 is 1.03 bits per heavy atom. The molecule has 0 fully saturated rings. The quantitative estimate of drug-likeness (QED) is 0.382. The fourth-order valence-corrected chi connectivity index (χ4v) is 5.55. The van der Waals surface area contributed by atoms with E-state index in [0.717, 1.165) is 10.0 Å². The van der Waals surface area contributed by atoms with Crippen LogP contribution >= 0.6 is 15.9 Å². The van der Waals surface area contributed by atoms with Gasteiger partial charge in [-0.3, -0.25) is 4.79 Å². The van der Waals surface area contributed by atoms with Crippen LogP contribution in [0.3, 0.4) is 0 Å².